The maximum absolute atomic E-state index is 5.79. The average molecular weight is 465 g/mol. The van der Waals surface area contributed by atoms with E-state index in [0.717, 1.165) is 22.0 Å². The van der Waals surface area contributed by atoms with E-state index in [-0.39, 0.29) is 0 Å². The summed E-state index contributed by atoms with van der Waals surface area (Å²) in [5.41, 5.74) is 6.76. The molecule has 6 nitrogen and oxygen atoms in total. The summed E-state index contributed by atoms with van der Waals surface area (Å²) in [7, 11) is 0. The van der Waals surface area contributed by atoms with Gasteiger partial charge in [-0.2, -0.15) is 0 Å². The molecule has 3 aromatic rings. The van der Waals surface area contributed by atoms with Gasteiger partial charge in [0.05, 0.1) is 6.26 Å². The minimum Gasteiger partial charge on any atom is -0.485 e. The number of allylic oxidation sites excluding steroid dienone is 3. The Morgan fingerprint density at radius 3 is 2.45 bits per heavy atom. The standard InChI is InChI=1S/C21H20N4O2S.C3H6.C2H6/c1-2-3-13-26-17-6-8-18(9-7-17)28-25-20-14-16(10-12-23-20)15-27-19-5-4-11-24-21(19)22;1-3-2;1-2/h2-14H,1,15H2,(H2,22,24)(H,23,25);3H,1H2,2H3;1-2H3/b13-3+;;. The van der Waals surface area contributed by atoms with Crippen LogP contribution in [0.15, 0.2) is 103 Å². The van der Waals surface area contributed by atoms with Crippen LogP contribution in [0.1, 0.15) is 26.3 Å². The van der Waals surface area contributed by atoms with Gasteiger partial charge in [0.1, 0.15) is 18.2 Å². The zero-order chi connectivity index (χ0) is 24.3. The fourth-order valence-corrected chi connectivity index (χ4v) is 2.78. The van der Waals surface area contributed by atoms with Crippen LogP contribution in [-0.4, -0.2) is 9.97 Å². The van der Waals surface area contributed by atoms with Crippen LogP contribution in [0.2, 0.25) is 0 Å². The lowest BCUT2D eigenvalue weighted by Crippen LogP contribution is -2.01. The van der Waals surface area contributed by atoms with Crippen molar-refractivity contribution in [1.29, 1.82) is 0 Å². The van der Waals surface area contributed by atoms with Crippen molar-refractivity contribution in [3.8, 4) is 11.5 Å². The van der Waals surface area contributed by atoms with Gasteiger partial charge in [-0.25, -0.2) is 9.97 Å². The maximum Gasteiger partial charge on any atom is 0.166 e. The summed E-state index contributed by atoms with van der Waals surface area (Å²) in [4.78, 5) is 9.37. The van der Waals surface area contributed by atoms with E-state index >= 15 is 0 Å². The number of rotatable bonds is 9. The van der Waals surface area contributed by atoms with E-state index in [9.17, 15) is 0 Å². The molecule has 0 fully saturated rings. The van der Waals surface area contributed by atoms with Crippen LogP contribution < -0.4 is 19.9 Å². The highest BCUT2D eigenvalue weighted by atomic mass is 32.2. The third-order valence-electron chi connectivity index (χ3n) is 3.53. The molecule has 1 aromatic carbocycles. The molecule has 3 rings (SSSR count). The zero-order valence-corrected chi connectivity index (χ0v) is 20.2. The SMILES string of the molecule is C=C/C=C/Oc1ccc(SNc2cc(COc3cccnc3N)ccn2)cc1.C=CC.CC. The molecule has 33 heavy (non-hydrogen) atoms. The van der Waals surface area contributed by atoms with E-state index in [2.05, 4.69) is 27.8 Å². The molecule has 0 aliphatic rings. The number of nitrogens with two attached hydrogens (primary N) is 1. The van der Waals surface area contributed by atoms with Crippen molar-refractivity contribution >= 4 is 23.6 Å². The van der Waals surface area contributed by atoms with Gasteiger partial charge in [-0.05, 0) is 79.0 Å². The molecule has 2 aromatic heterocycles. The summed E-state index contributed by atoms with van der Waals surface area (Å²) < 4.78 is 14.4. The van der Waals surface area contributed by atoms with Gasteiger partial charge in [-0.1, -0.05) is 32.6 Å². The number of nitrogen functional groups attached to an aromatic ring is 1. The predicted octanol–water partition coefficient (Wildman–Crippen LogP) is 7.05. The first kappa shape index (κ1) is 27.3. The third-order valence-corrected chi connectivity index (χ3v) is 4.35. The lowest BCUT2D eigenvalue weighted by Gasteiger charge is -2.09. The summed E-state index contributed by atoms with van der Waals surface area (Å²) >= 11 is 1.46. The van der Waals surface area contributed by atoms with Gasteiger partial charge in [0.25, 0.3) is 0 Å². The van der Waals surface area contributed by atoms with Crippen molar-refractivity contribution in [2.45, 2.75) is 32.3 Å². The van der Waals surface area contributed by atoms with Gasteiger partial charge in [0.2, 0.25) is 0 Å². The zero-order valence-electron chi connectivity index (χ0n) is 19.4. The molecule has 0 aliphatic heterocycles. The normalized spacial score (nSPS) is 9.55. The van der Waals surface area contributed by atoms with Crippen molar-refractivity contribution in [2.75, 3.05) is 10.5 Å². The molecule has 0 spiro atoms. The molecule has 0 aliphatic carbocycles. The molecule has 174 valence electrons. The minimum atomic E-state index is 0.373. The van der Waals surface area contributed by atoms with Crippen molar-refractivity contribution in [1.82, 2.24) is 9.97 Å². The Bertz CT molecular complexity index is 992. The Morgan fingerprint density at radius 1 is 1.06 bits per heavy atom. The van der Waals surface area contributed by atoms with Gasteiger partial charge in [0.15, 0.2) is 11.6 Å². The fourth-order valence-electron chi connectivity index (χ4n) is 2.18. The highest BCUT2D eigenvalue weighted by molar-refractivity contribution is 8.00. The van der Waals surface area contributed by atoms with Crippen LogP contribution in [0.4, 0.5) is 11.6 Å². The molecular weight excluding hydrogens is 432 g/mol. The molecule has 7 heteroatoms. The molecule has 0 amide bonds. The molecule has 0 saturated carbocycles. The Balaban J connectivity index is 0.00000101. The highest BCUT2D eigenvalue weighted by Gasteiger charge is 2.03. The van der Waals surface area contributed by atoms with E-state index in [1.54, 1.807) is 49.0 Å². The van der Waals surface area contributed by atoms with Crippen LogP contribution in [0, 0.1) is 0 Å². The third kappa shape index (κ3) is 10.9. The summed E-state index contributed by atoms with van der Waals surface area (Å²) in [6, 6.07) is 15.1. The van der Waals surface area contributed by atoms with Gasteiger partial charge >= 0.3 is 0 Å². The number of benzene rings is 1. The van der Waals surface area contributed by atoms with Crippen molar-refractivity contribution in [3.63, 3.8) is 0 Å². The monoisotopic (exact) mass is 464 g/mol. The molecular formula is C26H32N4O2S. The second kappa shape index (κ2) is 16.9. The number of hydrogen-bond acceptors (Lipinski definition) is 7. The molecule has 2 heterocycles. The maximum atomic E-state index is 5.79. The van der Waals surface area contributed by atoms with E-state index < -0.39 is 0 Å². The number of nitrogens with one attached hydrogen (secondary N) is 1. The van der Waals surface area contributed by atoms with Gasteiger partial charge in [-0.15, -0.1) is 6.58 Å². The first-order valence-corrected chi connectivity index (χ1v) is 11.3. The topological polar surface area (TPSA) is 82.3 Å². The Labute approximate surface area is 201 Å². The summed E-state index contributed by atoms with van der Waals surface area (Å²) in [5.74, 6) is 2.43. The van der Waals surface area contributed by atoms with Gasteiger partial charge in [-0.3, -0.25) is 0 Å². The second-order valence-corrected chi connectivity index (χ2v) is 6.87. The molecule has 3 N–H and O–H groups in total. The summed E-state index contributed by atoms with van der Waals surface area (Å²) in [6.07, 6.45) is 10.1. The first-order valence-electron chi connectivity index (χ1n) is 10.5. The van der Waals surface area contributed by atoms with E-state index in [1.165, 1.54) is 11.9 Å². The number of ether oxygens (including phenoxy) is 2. The Hall–Kier alpha value is -3.71. The van der Waals surface area contributed by atoms with Crippen molar-refractivity contribution < 1.29 is 9.47 Å². The quantitative estimate of drug-likeness (QED) is 0.152. The number of hydrogen-bond donors (Lipinski definition) is 2. The van der Waals surface area contributed by atoms with Crippen LogP contribution in [-0.2, 0) is 6.61 Å². The lowest BCUT2D eigenvalue weighted by molar-refractivity contribution is 0.307. The molecule has 0 bridgehead atoms. The van der Waals surface area contributed by atoms with Crippen LogP contribution >= 0.6 is 11.9 Å². The van der Waals surface area contributed by atoms with Crippen LogP contribution in [0.25, 0.3) is 0 Å². The van der Waals surface area contributed by atoms with Crippen LogP contribution in [0.3, 0.4) is 0 Å². The minimum absolute atomic E-state index is 0.373. The average Bonchev–Trinajstić information content (AvgIpc) is 2.85. The molecule has 0 radical (unpaired) electrons. The molecule has 0 atom stereocenters. The number of nitrogens with zero attached hydrogens (tertiary/aromatic N) is 2. The van der Waals surface area contributed by atoms with Crippen LogP contribution in [0.5, 0.6) is 11.5 Å². The number of pyridine rings is 2. The lowest BCUT2D eigenvalue weighted by atomic mass is 10.3. The van der Waals surface area contributed by atoms with E-state index in [4.69, 9.17) is 15.2 Å². The van der Waals surface area contributed by atoms with E-state index in [0.29, 0.717) is 18.2 Å². The summed E-state index contributed by atoms with van der Waals surface area (Å²) in [5, 5.41) is 0. The highest BCUT2D eigenvalue weighted by Crippen LogP contribution is 2.24. The number of anilines is 2. The Morgan fingerprint density at radius 2 is 1.79 bits per heavy atom. The van der Waals surface area contributed by atoms with Gasteiger partial charge in [0, 0.05) is 17.3 Å². The first-order chi connectivity index (χ1) is 16.2. The van der Waals surface area contributed by atoms with Gasteiger partial charge < -0.3 is 19.9 Å². The number of aromatic nitrogens is 2. The molecule has 0 unspecified atom stereocenters. The molecule has 0 saturated heterocycles. The summed E-state index contributed by atoms with van der Waals surface area (Å²) in [6.45, 7) is 13.2. The smallest absolute Gasteiger partial charge is 0.166 e. The fraction of sp³-hybridized carbons (Fsp3) is 0.154. The van der Waals surface area contributed by atoms with Crippen molar-refractivity contribution in [2.24, 2.45) is 0 Å². The van der Waals surface area contributed by atoms with E-state index in [1.807, 2.05) is 57.2 Å². The van der Waals surface area contributed by atoms with Crippen molar-refractivity contribution in [3.05, 3.63) is 104 Å². The predicted molar refractivity (Wildman–Crippen MR) is 140 cm³/mol. The second-order valence-electron chi connectivity index (χ2n) is 5.99. The Kier molecular flexibility index (Phi) is 14.0. The largest absolute Gasteiger partial charge is 0.485 e.